The van der Waals surface area contributed by atoms with Crippen LogP contribution >= 0.6 is 0 Å². The lowest BCUT2D eigenvalue weighted by atomic mass is 9.87. The SMILES string of the molecule is Cc1ncnc(OCC(=O)O)c1C1=CCC(C)CC1. The topological polar surface area (TPSA) is 72.3 Å². The van der Waals surface area contributed by atoms with Crippen LogP contribution in [0.5, 0.6) is 5.88 Å². The fourth-order valence-corrected chi connectivity index (χ4v) is 2.25. The quantitative estimate of drug-likeness (QED) is 0.902. The van der Waals surface area contributed by atoms with Gasteiger partial charge in [-0.1, -0.05) is 13.0 Å². The van der Waals surface area contributed by atoms with E-state index in [9.17, 15) is 4.79 Å². The van der Waals surface area contributed by atoms with Gasteiger partial charge >= 0.3 is 5.97 Å². The molecule has 0 fully saturated rings. The Morgan fingerprint density at radius 2 is 2.32 bits per heavy atom. The molecule has 5 heteroatoms. The number of aryl methyl sites for hydroxylation is 1. The highest BCUT2D eigenvalue weighted by Crippen LogP contribution is 2.34. The van der Waals surface area contributed by atoms with Gasteiger partial charge in [-0.2, -0.15) is 0 Å². The third kappa shape index (κ3) is 3.30. The number of rotatable bonds is 4. The molecule has 1 aromatic rings. The second kappa shape index (κ2) is 5.82. The molecule has 19 heavy (non-hydrogen) atoms. The van der Waals surface area contributed by atoms with Crippen molar-refractivity contribution in [3.8, 4) is 5.88 Å². The van der Waals surface area contributed by atoms with Crippen molar-refractivity contribution in [3.63, 3.8) is 0 Å². The van der Waals surface area contributed by atoms with Crippen molar-refractivity contribution in [2.75, 3.05) is 6.61 Å². The number of carboxylic acid groups (broad SMARTS) is 1. The van der Waals surface area contributed by atoms with Crippen LogP contribution in [0.15, 0.2) is 12.4 Å². The zero-order valence-corrected chi connectivity index (χ0v) is 11.2. The van der Waals surface area contributed by atoms with Crippen LogP contribution in [-0.4, -0.2) is 27.7 Å². The standard InChI is InChI=1S/C14H18N2O3/c1-9-3-5-11(6-4-9)13-10(2)15-8-16-14(13)19-7-12(17)18/h5,8-9H,3-4,6-7H2,1-2H3,(H,17,18). The summed E-state index contributed by atoms with van der Waals surface area (Å²) in [6.07, 6.45) is 6.70. The van der Waals surface area contributed by atoms with Gasteiger partial charge in [-0.15, -0.1) is 0 Å². The van der Waals surface area contributed by atoms with E-state index in [0.29, 0.717) is 11.8 Å². The molecule has 5 nitrogen and oxygen atoms in total. The summed E-state index contributed by atoms with van der Waals surface area (Å²) in [6, 6.07) is 0. The van der Waals surface area contributed by atoms with Gasteiger partial charge in [-0.25, -0.2) is 14.8 Å². The van der Waals surface area contributed by atoms with Gasteiger partial charge in [0.05, 0.1) is 11.3 Å². The highest BCUT2D eigenvalue weighted by molar-refractivity contribution is 5.72. The second-order valence-electron chi connectivity index (χ2n) is 4.93. The van der Waals surface area contributed by atoms with Crippen molar-refractivity contribution in [1.82, 2.24) is 9.97 Å². The van der Waals surface area contributed by atoms with E-state index in [0.717, 1.165) is 36.1 Å². The van der Waals surface area contributed by atoms with Crippen LogP contribution in [0.2, 0.25) is 0 Å². The molecule has 0 aromatic carbocycles. The van der Waals surface area contributed by atoms with E-state index >= 15 is 0 Å². The molecule has 1 aliphatic carbocycles. The maximum absolute atomic E-state index is 10.6. The Kier molecular flexibility index (Phi) is 4.14. The van der Waals surface area contributed by atoms with Crippen LogP contribution in [0.1, 0.15) is 37.4 Å². The monoisotopic (exact) mass is 262 g/mol. The van der Waals surface area contributed by atoms with E-state index in [-0.39, 0.29) is 6.61 Å². The van der Waals surface area contributed by atoms with Gasteiger partial charge in [0.1, 0.15) is 6.33 Å². The summed E-state index contributed by atoms with van der Waals surface area (Å²) >= 11 is 0. The molecule has 1 heterocycles. The molecule has 1 aromatic heterocycles. The maximum atomic E-state index is 10.6. The molecule has 0 saturated heterocycles. The maximum Gasteiger partial charge on any atom is 0.341 e. The molecular formula is C14H18N2O3. The Labute approximate surface area is 112 Å². The summed E-state index contributed by atoms with van der Waals surface area (Å²) in [5.41, 5.74) is 2.85. The molecule has 102 valence electrons. The zero-order chi connectivity index (χ0) is 13.8. The molecule has 1 N–H and O–H groups in total. The van der Waals surface area contributed by atoms with Gasteiger partial charge in [-0.05, 0) is 37.7 Å². The van der Waals surface area contributed by atoms with Crippen molar-refractivity contribution in [2.45, 2.75) is 33.1 Å². The largest absolute Gasteiger partial charge is 0.479 e. The lowest BCUT2D eigenvalue weighted by Crippen LogP contribution is -2.13. The highest BCUT2D eigenvalue weighted by Gasteiger charge is 2.19. The van der Waals surface area contributed by atoms with Crippen LogP contribution in [0.4, 0.5) is 0 Å². The van der Waals surface area contributed by atoms with E-state index in [4.69, 9.17) is 9.84 Å². The highest BCUT2D eigenvalue weighted by atomic mass is 16.5. The first-order chi connectivity index (χ1) is 9.08. The first-order valence-corrected chi connectivity index (χ1v) is 6.43. The van der Waals surface area contributed by atoms with Crippen molar-refractivity contribution < 1.29 is 14.6 Å². The molecule has 0 aliphatic heterocycles. The molecule has 1 aliphatic rings. The zero-order valence-electron chi connectivity index (χ0n) is 11.2. The van der Waals surface area contributed by atoms with Gasteiger partial charge in [0.15, 0.2) is 6.61 Å². The summed E-state index contributed by atoms with van der Waals surface area (Å²) < 4.78 is 5.27. The average molecular weight is 262 g/mol. The molecule has 0 saturated carbocycles. The van der Waals surface area contributed by atoms with Gasteiger partial charge in [0.25, 0.3) is 0 Å². The minimum Gasteiger partial charge on any atom is -0.479 e. The lowest BCUT2D eigenvalue weighted by molar-refractivity contribution is -0.139. The number of aliphatic carboxylic acids is 1. The Bertz CT molecular complexity index is 511. The Morgan fingerprint density at radius 1 is 1.53 bits per heavy atom. The number of allylic oxidation sites excluding steroid dienone is 2. The van der Waals surface area contributed by atoms with Crippen LogP contribution in [0.25, 0.3) is 5.57 Å². The third-order valence-corrected chi connectivity index (χ3v) is 3.33. The average Bonchev–Trinajstić information content (AvgIpc) is 2.38. The molecule has 1 unspecified atom stereocenters. The second-order valence-corrected chi connectivity index (χ2v) is 4.93. The Morgan fingerprint density at radius 3 is 2.95 bits per heavy atom. The minimum absolute atomic E-state index is 0.371. The molecule has 0 amide bonds. The van der Waals surface area contributed by atoms with Crippen LogP contribution in [0.3, 0.4) is 0 Å². The number of hydrogen-bond donors (Lipinski definition) is 1. The van der Waals surface area contributed by atoms with Gasteiger partial charge in [0.2, 0.25) is 5.88 Å². The van der Waals surface area contributed by atoms with Gasteiger partial charge < -0.3 is 9.84 Å². The van der Waals surface area contributed by atoms with Crippen molar-refractivity contribution in [1.29, 1.82) is 0 Å². The Hall–Kier alpha value is -1.91. The molecule has 0 radical (unpaired) electrons. The first-order valence-electron chi connectivity index (χ1n) is 6.43. The number of carbonyl (C=O) groups is 1. The van der Waals surface area contributed by atoms with Crippen LogP contribution in [-0.2, 0) is 4.79 Å². The normalized spacial score (nSPS) is 18.8. The molecule has 0 spiro atoms. The summed E-state index contributed by atoms with van der Waals surface area (Å²) in [6.45, 7) is 3.74. The van der Waals surface area contributed by atoms with Gasteiger partial charge in [0, 0.05) is 0 Å². The fourth-order valence-electron chi connectivity index (χ4n) is 2.25. The third-order valence-electron chi connectivity index (χ3n) is 3.33. The van der Waals surface area contributed by atoms with E-state index < -0.39 is 5.97 Å². The summed E-state index contributed by atoms with van der Waals surface area (Å²) in [5, 5.41) is 8.70. The van der Waals surface area contributed by atoms with Crippen molar-refractivity contribution >= 4 is 11.5 Å². The summed E-state index contributed by atoms with van der Waals surface area (Å²) in [4.78, 5) is 18.9. The number of aromatic nitrogens is 2. The molecular weight excluding hydrogens is 244 g/mol. The number of carboxylic acids is 1. The fraction of sp³-hybridized carbons (Fsp3) is 0.500. The van der Waals surface area contributed by atoms with E-state index in [1.54, 1.807) is 0 Å². The van der Waals surface area contributed by atoms with Crippen LogP contribution < -0.4 is 4.74 Å². The predicted molar refractivity (Wildman–Crippen MR) is 70.9 cm³/mol. The number of ether oxygens (including phenoxy) is 1. The summed E-state index contributed by atoms with van der Waals surface area (Å²) in [5.74, 6) is 0.0567. The molecule has 2 rings (SSSR count). The number of nitrogens with zero attached hydrogens (tertiary/aromatic N) is 2. The van der Waals surface area contributed by atoms with Crippen molar-refractivity contribution in [2.24, 2.45) is 5.92 Å². The smallest absolute Gasteiger partial charge is 0.341 e. The predicted octanol–water partition coefficient (Wildman–Crippen LogP) is 2.45. The van der Waals surface area contributed by atoms with Crippen molar-refractivity contribution in [3.05, 3.63) is 23.7 Å². The minimum atomic E-state index is -1.01. The lowest BCUT2D eigenvalue weighted by Gasteiger charge is -2.20. The molecule has 1 atom stereocenters. The van der Waals surface area contributed by atoms with E-state index in [1.807, 2.05) is 6.92 Å². The van der Waals surface area contributed by atoms with Gasteiger partial charge in [-0.3, -0.25) is 0 Å². The van der Waals surface area contributed by atoms with E-state index in [2.05, 4.69) is 23.0 Å². The Balaban J connectivity index is 2.30. The molecule has 0 bridgehead atoms. The number of hydrogen-bond acceptors (Lipinski definition) is 4. The summed E-state index contributed by atoms with van der Waals surface area (Å²) in [7, 11) is 0. The first kappa shape index (κ1) is 13.5. The van der Waals surface area contributed by atoms with E-state index in [1.165, 1.54) is 6.33 Å². The van der Waals surface area contributed by atoms with Crippen LogP contribution in [0, 0.1) is 12.8 Å².